The molecule has 4 aromatic rings. The molecule has 15 nitrogen and oxygen atoms in total. The number of esters is 1. The molecule has 2 saturated heterocycles. The fourth-order valence-corrected chi connectivity index (χ4v) is 7.54. The number of carbonyl (C=O) groups excluding carboxylic acids is 1. The lowest BCUT2D eigenvalue weighted by atomic mass is 9.96. The van der Waals surface area contributed by atoms with E-state index in [-0.39, 0.29) is 30.3 Å². The quantitative estimate of drug-likeness (QED) is 0.111. The first-order chi connectivity index (χ1) is 22.3. The molecule has 0 saturated carbocycles. The number of rotatable bonds is 12. The lowest BCUT2D eigenvalue weighted by Crippen LogP contribution is -2.42. The first-order valence-electron chi connectivity index (χ1n) is 15.4. The summed E-state index contributed by atoms with van der Waals surface area (Å²) < 4.78 is 52.7. The van der Waals surface area contributed by atoms with Crippen LogP contribution in [-0.2, 0) is 32.8 Å². The summed E-state index contributed by atoms with van der Waals surface area (Å²) in [6, 6.07) is 11.8. The summed E-state index contributed by atoms with van der Waals surface area (Å²) in [5, 5.41) is 4.31. The average Bonchev–Trinajstić information content (AvgIpc) is 3.62. The Morgan fingerprint density at radius 1 is 1.21 bits per heavy atom. The van der Waals surface area contributed by atoms with Crippen molar-refractivity contribution < 1.29 is 37.4 Å². The SMILES string of the molecule is CCCCOC(=O)[C@H](C)NP(=O)(OC[C@H]1O[C@@H](n2cnc3c(=O)[nH]c(N)nc32)[C@]2(C)OC(C)(C)O[C@H]12)Oc1cccc2ccccc12. The van der Waals surface area contributed by atoms with Crippen LogP contribution in [0.1, 0.15) is 53.7 Å². The lowest BCUT2D eigenvalue weighted by Gasteiger charge is -2.30. The van der Waals surface area contributed by atoms with Gasteiger partial charge in [0.15, 0.2) is 23.2 Å². The highest BCUT2D eigenvalue weighted by Gasteiger charge is 2.64. The molecule has 0 aliphatic carbocycles. The summed E-state index contributed by atoms with van der Waals surface area (Å²) in [5.41, 5.74) is 4.46. The van der Waals surface area contributed by atoms with E-state index in [1.54, 1.807) is 37.5 Å². The van der Waals surface area contributed by atoms with Crippen LogP contribution in [0.3, 0.4) is 0 Å². The normalized spacial score (nSPS) is 25.4. The Kier molecular flexibility index (Phi) is 8.89. The largest absolute Gasteiger partial charge is 0.465 e. The number of anilines is 1. The Labute approximate surface area is 270 Å². The summed E-state index contributed by atoms with van der Waals surface area (Å²) in [5.74, 6) is -1.43. The number of nitrogens with zero attached hydrogens (tertiary/aromatic N) is 3. The average molecular weight is 671 g/mol. The minimum atomic E-state index is -4.29. The van der Waals surface area contributed by atoms with Gasteiger partial charge in [-0.1, -0.05) is 49.7 Å². The number of carbonyl (C=O) groups is 1. The second kappa shape index (κ2) is 12.6. The van der Waals surface area contributed by atoms with Gasteiger partial charge >= 0.3 is 13.7 Å². The summed E-state index contributed by atoms with van der Waals surface area (Å²) in [6.45, 7) is 8.77. The Morgan fingerprint density at radius 2 is 1.98 bits per heavy atom. The van der Waals surface area contributed by atoms with Gasteiger partial charge in [0, 0.05) is 5.39 Å². The fraction of sp³-hybridized carbons (Fsp3) is 0.484. The van der Waals surface area contributed by atoms with Gasteiger partial charge in [0.25, 0.3) is 5.56 Å². The Balaban J connectivity index is 1.30. The van der Waals surface area contributed by atoms with Crippen molar-refractivity contribution >= 4 is 41.6 Å². The van der Waals surface area contributed by atoms with Gasteiger partial charge in [-0.3, -0.25) is 23.7 Å². The van der Waals surface area contributed by atoms with Crippen LogP contribution >= 0.6 is 7.75 Å². The monoisotopic (exact) mass is 670 g/mol. The smallest absolute Gasteiger partial charge is 0.459 e. The number of aromatic amines is 1. The van der Waals surface area contributed by atoms with Crippen LogP contribution in [0.4, 0.5) is 5.95 Å². The van der Waals surface area contributed by atoms with Crippen molar-refractivity contribution in [3.8, 4) is 5.75 Å². The molecule has 6 rings (SSSR count). The number of nitrogen functional groups attached to an aromatic ring is 1. The Morgan fingerprint density at radius 3 is 2.77 bits per heavy atom. The van der Waals surface area contributed by atoms with Crippen LogP contribution in [0.15, 0.2) is 53.6 Å². The molecule has 0 bridgehead atoms. The number of hydrogen-bond acceptors (Lipinski definition) is 12. The van der Waals surface area contributed by atoms with E-state index in [1.165, 1.54) is 13.3 Å². The summed E-state index contributed by atoms with van der Waals surface area (Å²) >= 11 is 0. The molecule has 2 fully saturated rings. The molecule has 1 unspecified atom stereocenters. The second-order valence-electron chi connectivity index (χ2n) is 12.3. The summed E-state index contributed by atoms with van der Waals surface area (Å²) in [6.07, 6.45) is 0.462. The van der Waals surface area contributed by atoms with Gasteiger partial charge in [-0.2, -0.15) is 10.1 Å². The summed E-state index contributed by atoms with van der Waals surface area (Å²) in [7, 11) is -4.29. The summed E-state index contributed by atoms with van der Waals surface area (Å²) in [4.78, 5) is 36.2. The zero-order valence-electron chi connectivity index (χ0n) is 26.8. The number of nitrogens with one attached hydrogen (secondary N) is 2. The highest BCUT2D eigenvalue weighted by Crippen LogP contribution is 2.53. The number of imidazole rings is 1. The first-order valence-corrected chi connectivity index (χ1v) is 17.0. The third kappa shape index (κ3) is 6.51. The number of H-pyrrole nitrogens is 1. The molecule has 2 aliphatic heterocycles. The molecule has 0 spiro atoms. The van der Waals surface area contributed by atoms with E-state index in [1.807, 2.05) is 37.3 Å². The lowest BCUT2D eigenvalue weighted by molar-refractivity contribution is -0.216. The molecule has 4 N–H and O–H groups in total. The van der Waals surface area contributed by atoms with Crippen molar-refractivity contribution in [1.82, 2.24) is 24.6 Å². The van der Waals surface area contributed by atoms with E-state index in [0.717, 1.165) is 11.8 Å². The van der Waals surface area contributed by atoms with Crippen molar-refractivity contribution in [2.75, 3.05) is 18.9 Å². The maximum Gasteiger partial charge on any atom is 0.459 e. The van der Waals surface area contributed by atoms with Crippen LogP contribution < -0.4 is 20.9 Å². The van der Waals surface area contributed by atoms with E-state index >= 15 is 0 Å². The number of unbranched alkanes of at least 4 members (excludes halogenated alkanes) is 1. The third-order valence-electron chi connectivity index (χ3n) is 8.10. The standard InChI is InChI=1S/C31H39N6O9P/c1-6-7-15-41-27(39)18(2)36-47(40,45-21-14-10-12-19-11-8-9-13-20(19)21)42-16-22-24-31(5,46-30(3,4)44-24)28(43-22)37-17-33-23-25(37)34-29(32)35-26(23)38/h8-14,17-18,22,24,28H,6-7,15-16H2,1-5H3,(H,36,40)(H3,32,34,35,38)/t18-,22+,24+,28+,31+,47?/m0/s1. The fourth-order valence-electron chi connectivity index (χ4n) is 6.02. The molecule has 0 amide bonds. The number of nitrogens with two attached hydrogens (primary N) is 1. The molecule has 4 heterocycles. The van der Waals surface area contributed by atoms with Crippen molar-refractivity contribution in [3.05, 3.63) is 59.1 Å². The molecular formula is C31H39N6O9P. The van der Waals surface area contributed by atoms with E-state index in [4.69, 9.17) is 33.7 Å². The third-order valence-corrected chi connectivity index (χ3v) is 9.73. The number of aromatic nitrogens is 4. The first kappa shape index (κ1) is 33.1. The van der Waals surface area contributed by atoms with Gasteiger partial charge in [-0.25, -0.2) is 9.55 Å². The van der Waals surface area contributed by atoms with Gasteiger partial charge in [-0.05, 0) is 45.6 Å². The maximum atomic E-state index is 14.5. The maximum absolute atomic E-state index is 14.5. The van der Waals surface area contributed by atoms with Crippen LogP contribution in [0.25, 0.3) is 21.9 Å². The van der Waals surface area contributed by atoms with Crippen molar-refractivity contribution in [2.24, 2.45) is 0 Å². The number of hydrogen-bond donors (Lipinski definition) is 3. The molecule has 16 heteroatoms. The van der Waals surface area contributed by atoms with Gasteiger partial charge in [0.05, 0.1) is 19.5 Å². The molecule has 47 heavy (non-hydrogen) atoms. The highest BCUT2D eigenvalue weighted by molar-refractivity contribution is 7.52. The minimum absolute atomic E-state index is 0.0674. The van der Waals surface area contributed by atoms with Crippen LogP contribution in [0.5, 0.6) is 5.75 Å². The molecule has 2 aromatic carbocycles. The molecule has 2 aromatic heterocycles. The molecule has 6 atom stereocenters. The Hall–Kier alpha value is -3.85. The molecule has 0 radical (unpaired) electrons. The predicted molar refractivity (Wildman–Crippen MR) is 172 cm³/mol. The minimum Gasteiger partial charge on any atom is -0.465 e. The zero-order chi connectivity index (χ0) is 33.6. The predicted octanol–water partition coefficient (Wildman–Crippen LogP) is 4.19. The number of ether oxygens (including phenoxy) is 4. The topological polar surface area (TPSA) is 191 Å². The van der Waals surface area contributed by atoms with Crippen LogP contribution in [0.2, 0.25) is 0 Å². The van der Waals surface area contributed by atoms with Gasteiger partial charge in [-0.15, -0.1) is 0 Å². The van der Waals surface area contributed by atoms with Crippen LogP contribution in [-0.4, -0.2) is 68.3 Å². The number of fused-ring (bicyclic) bond motifs is 3. The Bertz CT molecular complexity index is 1890. The van der Waals surface area contributed by atoms with Gasteiger partial charge in [0.2, 0.25) is 5.95 Å². The van der Waals surface area contributed by atoms with Gasteiger partial charge < -0.3 is 29.2 Å². The van der Waals surface area contributed by atoms with E-state index in [0.29, 0.717) is 17.6 Å². The second-order valence-corrected chi connectivity index (χ2v) is 14.0. The van der Waals surface area contributed by atoms with Crippen LogP contribution in [0, 0.1) is 0 Å². The van der Waals surface area contributed by atoms with Crippen molar-refractivity contribution in [3.63, 3.8) is 0 Å². The van der Waals surface area contributed by atoms with Gasteiger partial charge in [0.1, 0.15) is 29.6 Å². The van der Waals surface area contributed by atoms with E-state index in [9.17, 15) is 14.2 Å². The van der Waals surface area contributed by atoms with Crippen molar-refractivity contribution in [2.45, 2.75) is 83.3 Å². The molecule has 252 valence electrons. The van der Waals surface area contributed by atoms with E-state index in [2.05, 4.69) is 20.0 Å². The zero-order valence-corrected chi connectivity index (χ0v) is 27.7. The van der Waals surface area contributed by atoms with Crippen molar-refractivity contribution in [1.29, 1.82) is 0 Å². The van der Waals surface area contributed by atoms with E-state index < -0.39 is 55.1 Å². The molecular weight excluding hydrogens is 631 g/mol. The molecule has 2 aliphatic rings. The highest BCUT2D eigenvalue weighted by atomic mass is 31.2. The number of benzene rings is 2.